The molecular formula is C18H20F3NO4. The highest BCUT2D eigenvalue weighted by atomic mass is 19.4. The first kappa shape index (κ1) is 18.5. The van der Waals surface area contributed by atoms with Gasteiger partial charge in [0.1, 0.15) is 17.1 Å². The number of alkyl halides is 3. The third-order valence-electron chi connectivity index (χ3n) is 5.13. The van der Waals surface area contributed by atoms with Crippen LogP contribution in [0.1, 0.15) is 50.6 Å². The third kappa shape index (κ3) is 4.11. The van der Waals surface area contributed by atoms with Gasteiger partial charge in [0.05, 0.1) is 6.04 Å². The molecular weight excluding hydrogens is 351 g/mol. The molecule has 3 rings (SSSR count). The van der Waals surface area contributed by atoms with Gasteiger partial charge in [0.2, 0.25) is 0 Å². The predicted molar refractivity (Wildman–Crippen MR) is 85.6 cm³/mol. The summed E-state index contributed by atoms with van der Waals surface area (Å²) >= 11 is 0. The number of ketones is 1. The highest BCUT2D eigenvalue weighted by Crippen LogP contribution is 2.38. The van der Waals surface area contributed by atoms with E-state index in [2.05, 4.69) is 4.74 Å². The Morgan fingerprint density at radius 3 is 2.27 bits per heavy atom. The number of carbonyl (C=O) groups is 2. The molecule has 8 heteroatoms. The number of nitrogens with zero attached hydrogens (tertiary/aromatic N) is 1. The van der Waals surface area contributed by atoms with Gasteiger partial charge in [-0.15, -0.1) is 13.2 Å². The lowest BCUT2D eigenvalue weighted by Gasteiger charge is -2.44. The summed E-state index contributed by atoms with van der Waals surface area (Å²) in [6, 6.07) is 5.11. The van der Waals surface area contributed by atoms with E-state index in [0.717, 1.165) is 0 Å². The zero-order valence-corrected chi connectivity index (χ0v) is 14.3. The van der Waals surface area contributed by atoms with Crippen LogP contribution in [0.25, 0.3) is 0 Å². The number of halogens is 3. The molecule has 0 aromatic heterocycles. The van der Waals surface area contributed by atoms with Gasteiger partial charge in [-0.1, -0.05) is 12.1 Å². The van der Waals surface area contributed by atoms with E-state index in [1.54, 1.807) is 11.8 Å². The van der Waals surface area contributed by atoms with Crippen molar-refractivity contribution in [3.05, 3.63) is 29.8 Å². The first-order valence-electron chi connectivity index (χ1n) is 8.54. The van der Waals surface area contributed by atoms with Gasteiger partial charge >= 0.3 is 12.5 Å². The van der Waals surface area contributed by atoms with Crippen LogP contribution in [0, 0.1) is 0 Å². The normalized spacial score (nSPS) is 21.5. The first-order chi connectivity index (χ1) is 12.2. The maximum atomic E-state index is 12.5. The Labute approximate surface area is 149 Å². The minimum atomic E-state index is -4.74. The van der Waals surface area contributed by atoms with Gasteiger partial charge in [-0.05, 0) is 37.5 Å². The van der Waals surface area contributed by atoms with Gasteiger partial charge in [0.15, 0.2) is 0 Å². The molecule has 1 aliphatic heterocycles. The molecule has 0 radical (unpaired) electrons. The molecule has 1 aromatic carbocycles. The largest absolute Gasteiger partial charge is 0.573 e. The number of ether oxygens (including phenoxy) is 2. The van der Waals surface area contributed by atoms with Gasteiger partial charge in [0, 0.05) is 25.8 Å². The molecule has 1 heterocycles. The number of hydrogen-bond donors (Lipinski definition) is 0. The summed E-state index contributed by atoms with van der Waals surface area (Å²) in [6.45, 7) is 2.28. The highest BCUT2D eigenvalue weighted by molar-refractivity contribution is 5.80. The minimum absolute atomic E-state index is 0.198. The molecule has 1 amide bonds. The fraction of sp³-hybridized carbons (Fsp3) is 0.556. The maximum absolute atomic E-state index is 12.5. The summed E-state index contributed by atoms with van der Waals surface area (Å²) in [7, 11) is 0. The number of benzene rings is 1. The Balaban J connectivity index is 1.64. The van der Waals surface area contributed by atoms with E-state index in [4.69, 9.17) is 4.74 Å². The van der Waals surface area contributed by atoms with Crippen LogP contribution in [0.2, 0.25) is 0 Å². The average Bonchev–Trinajstić information content (AvgIpc) is 2.57. The van der Waals surface area contributed by atoms with Gasteiger partial charge in [-0.25, -0.2) is 4.79 Å². The van der Waals surface area contributed by atoms with Crippen molar-refractivity contribution in [2.45, 2.75) is 57.0 Å². The van der Waals surface area contributed by atoms with Gasteiger partial charge < -0.3 is 14.4 Å². The lowest BCUT2D eigenvalue weighted by Crippen LogP contribution is -2.51. The number of Topliss-reactive ketones (excluding diaryl/α,β-unsaturated/α-hetero) is 1. The summed E-state index contributed by atoms with van der Waals surface area (Å²) < 4.78 is 46.2. The molecule has 1 spiro atoms. The average molecular weight is 371 g/mol. The van der Waals surface area contributed by atoms with E-state index in [1.165, 1.54) is 24.3 Å². The molecule has 1 aliphatic carbocycles. The number of rotatable bonds is 3. The van der Waals surface area contributed by atoms with Crippen LogP contribution in [-0.2, 0) is 9.53 Å². The van der Waals surface area contributed by atoms with E-state index in [9.17, 15) is 22.8 Å². The SMILES string of the molecule is CC(c1ccc(OC(F)(F)F)cc1)N1CCC2(CCC(=O)CC2)OC1=O. The van der Waals surface area contributed by atoms with Crippen molar-refractivity contribution in [3.63, 3.8) is 0 Å². The second-order valence-corrected chi connectivity index (χ2v) is 6.83. The Hall–Kier alpha value is -2.25. The van der Waals surface area contributed by atoms with Crippen LogP contribution in [0.15, 0.2) is 24.3 Å². The van der Waals surface area contributed by atoms with Crippen LogP contribution in [0.5, 0.6) is 5.75 Å². The van der Waals surface area contributed by atoms with E-state index in [0.29, 0.717) is 44.2 Å². The van der Waals surface area contributed by atoms with Crippen molar-refractivity contribution in [1.82, 2.24) is 4.90 Å². The van der Waals surface area contributed by atoms with Crippen molar-refractivity contribution in [2.24, 2.45) is 0 Å². The molecule has 1 atom stereocenters. The molecule has 2 aliphatic rings. The Kier molecular flexibility index (Phi) is 4.86. The lowest BCUT2D eigenvalue weighted by molar-refractivity contribution is -0.274. The second-order valence-electron chi connectivity index (χ2n) is 6.83. The van der Waals surface area contributed by atoms with E-state index >= 15 is 0 Å². The Bertz CT molecular complexity index is 677. The van der Waals surface area contributed by atoms with Crippen molar-refractivity contribution < 1.29 is 32.2 Å². The van der Waals surface area contributed by atoms with Gasteiger partial charge in [-0.2, -0.15) is 0 Å². The van der Waals surface area contributed by atoms with Gasteiger partial charge in [-0.3, -0.25) is 4.79 Å². The second kappa shape index (κ2) is 6.81. The minimum Gasteiger partial charge on any atom is -0.443 e. The summed E-state index contributed by atoms with van der Waals surface area (Å²) in [5, 5.41) is 0. The van der Waals surface area contributed by atoms with E-state index in [1.807, 2.05) is 0 Å². The van der Waals surface area contributed by atoms with Crippen LogP contribution in [0.4, 0.5) is 18.0 Å². The fourth-order valence-electron chi connectivity index (χ4n) is 3.53. The molecule has 1 unspecified atom stereocenters. The van der Waals surface area contributed by atoms with E-state index in [-0.39, 0.29) is 17.6 Å². The topological polar surface area (TPSA) is 55.8 Å². The number of hydrogen-bond acceptors (Lipinski definition) is 4. The zero-order chi connectivity index (χ0) is 18.9. The first-order valence-corrected chi connectivity index (χ1v) is 8.54. The van der Waals surface area contributed by atoms with E-state index < -0.39 is 18.1 Å². The molecule has 5 nitrogen and oxygen atoms in total. The Morgan fingerprint density at radius 2 is 1.73 bits per heavy atom. The quantitative estimate of drug-likeness (QED) is 0.792. The molecule has 26 heavy (non-hydrogen) atoms. The van der Waals surface area contributed by atoms with Crippen molar-refractivity contribution in [1.29, 1.82) is 0 Å². The zero-order valence-electron chi connectivity index (χ0n) is 14.3. The predicted octanol–water partition coefficient (Wildman–Crippen LogP) is 4.37. The monoisotopic (exact) mass is 371 g/mol. The van der Waals surface area contributed by atoms with Crippen LogP contribution < -0.4 is 4.74 Å². The molecule has 0 N–H and O–H groups in total. The third-order valence-corrected chi connectivity index (χ3v) is 5.13. The molecule has 142 valence electrons. The van der Waals surface area contributed by atoms with Crippen molar-refractivity contribution >= 4 is 11.9 Å². The van der Waals surface area contributed by atoms with Crippen LogP contribution in [0.3, 0.4) is 0 Å². The molecule has 2 fully saturated rings. The lowest BCUT2D eigenvalue weighted by atomic mass is 9.80. The van der Waals surface area contributed by atoms with Crippen molar-refractivity contribution in [3.8, 4) is 5.75 Å². The summed E-state index contributed by atoms with van der Waals surface area (Å²) in [5.41, 5.74) is 0.136. The Morgan fingerprint density at radius 1 is 1.12 bits per heavy atom. The summed E-state index contributed by atoms with van der Waals surface area (Å²) in [5.74, 6) is -0.107. The molecule has 1 aromatic rings. The summed E-state index contributed by atoms with van der Waals surface area (Å²) in [6.07, 6.45) is -2.56. The van der Waals surface area contributed by atoms with Crippen LogP contribution in [-0.4, -0.2) is 35.3 Å². The van der Waals surface area contributed by atoms with Crippen molar-refractivity contribution in [2.75, 3.05) is 6.54 Å². The molecule has 1 saturated heterocycles. The molecule has 1 saturated carbocycles. The highest BCUT2D eigenvalue weighted by Gasteiger charge is 2.44. The number of amides is 1. The number of carbonyl (C=O) groups excluding carboxylic acids is 2. The summed E-state index contributed by atoms with van der Waals surface area (Å²) in [4.78, 5) is 25.4. The molecule has 0 bridgehead atoms. The maximum Gasteiger partial charge on any atom is 0.573 e. The van der Waals surface area contributed by atoms with Crippen LogP contribution >= 0.6 is 0 Å². The standard InChI is InChI=1S/C18H20F3NO4/c1-12(13-2-4-15(5-3-13)25-18(19,20)21)22-11-10-17(26-16(22)24)8-6-14(23)7-9-17/h2-5,12H,6-11H2,1H3. The van der Waals surface area contributed by atoms with Gasteiger partial charge in [0.25, 0.3) is 0 Å². The fourth-order valence-corrected chi connectivity index (χ4v) is 3.53. The smallest absolute Gasteiger partial charge is 0.443 e.